The second-order valence-corrected chi connectivity index (χ2v) is 5.86. The number of rotatable bonds is 5. The van der Waals surface area contributed by atoms with Crippen LogP contribution in [0.1, 0.15) is 48.0 Å². The van der Waals surface area contributed by atoms with Crippen molar-refractivity contribution in [2.24, 2.45) is 5.41 Å². The first-order valence-electron chi connectivity index (χ1n) is 6.34. The molecule has 1 rings (SSSR count). The maximum absolute atomic E-state index is 11.8. The smallest absolute Gasteiger partial charge is 0.335 e. The Morgan fingerprint density at radius 3 is 2.60 bits per heavy atom. The molecule has 110 valence electrons. The fraction of sp³-hybridized carbons (Fsp3) is 0.500. The van der Waals surface area contributed by atoms with E-state index < -0.39 is 18.0 Å². The van der Waals surface area contributed by atoms with Crippen LogP contribution < -0.4 is 5.32 Å². The Morgan fingerprint density at radius 2 is 2.05 bits per heavy atom. The zero-order valence-electron chi connectivity index (χ0n) is 11.9. The highest BCUT2D eigenvalue weighted by molar-refractivity contribution is 5.95. The zero-order chi connectivity index (χ0) is 15.3. The summed E-state index contributed by atoms with van der Waals surface area (Å²) in [5, 5.41) is 21.2. The van der Waals surface area contributed by atoms with E-state index in [0.29, 0.717) is 6.42 Å². The lowest BCUT2D eigenvalue weighted by Gasteiger charge is -2.22. The predicted molar refractivity (Wildman–Crippen MR) is 73.6 cm³/mol. The van der Waals surface area contributed by atoms with Crippen molar-refractivity contribution in [3.63, 3.8) is 0 Å². The lowest BCUT2D eigenvalue weighted by molar-refractivity contribution is 0.0696. The van der Waals surface area contributed by atoms with Gasteiger partial charge in [-0.15, -0.1) is 0 Å². The average molecular weight is 280 g/mol. The van der Waals surface area contributed by atoms with Crippen LogP contribution in [0.25, 0.3) is 0 Å². The molecule has 0 spiro atoms. The average Bonchev–Trinajstić information content (AvgIpc) is 2.34. The summed E-state index contributed by atoms with van der Waals surface area (Å²) < 4.78 is 0. The van der Waals surface area contributed by atoms with Gasteiger partial charge in [-0.1, -0.05) is 20.8 Å². The highest BCUT2D eigenvalue weighted by Crippen LogP contribution is 2.20. The van der Waals surface area contributed by atoms with Gasteiger partial charge in [0.05, 0.1) is 11.7 Å². The van der Waals surface area contributed by atoms with Crippen LogP contribution in [-0.2, 0) is 0 Å². The lowest BCUT2D eigenvalue weighted by Crippen LogP contribution is -2.34. The molecule has 1 aromatic heterocycles. The van der Waals surface area contributed by atoms with Crippen LogP contribution in [0, 0.1) is 5.41 Å². The predicted octanol–water partition coefficient (Wildman–Crippen LogP) is 1.31. The Kier molecular flexibility index (Phi) is 5.21. The summed E-state index contributed by atoms with van der Waals surface area (Å²) in [6.07, 6.45) is 1.17. The van der Waals surface area contributed by atoms with Crippen LogP contribution in [0.2, 0.25) is 0 Å². The molecule has 3 N–H and O–H groups in total. The number of hydrogen-bond acceptors (Lipinski definition) is 4. The first-order chi connectivity index (χ1) is 9.19. The molecule has 0 aromatic carbocycles. The lowest BCUT2D eigenvalue weighted by atomic mass is 9.89. The largest absolute Gasteiger partial charge is 0.478 e. The minimum Gasteiger partial charge on any atom is -0.478 e. The summed E-state index contributed by atoms with van der Waals surface area (Å²) in [5.74, 6) is -1.62. The normalized spacial score (nSPS) is 12.8. The molecule has 0 saturated heterocycles. The standard InChI is InChI=1S/C14H20N2O4/c1-14(2,3)7-10(17)8-16-12(18)11-6-9(13(19)20)4-5-15-11/h4-6,10,17H,7-8H2,1-3H3,(H,16,18)(H,19,20). The summed E-state index contributed by atoms with van der Waals surface area (Å²) in [7, 11) is 0. The molecule has 1 aromatic rings. The van der Waals surface area contributed by atoms with Crippen molar-refractivity contribution >= 4 is 11.9 Å². The number of carbonyl (C=O) groups is 2. The fourth-order valence-electron chi connectivity index (χ4n) is 1.77. The minimum atomic E-state index is -1.12. The van der Waals surface area contributed by atoms with E-state index in [1.165, 1.54) is 18.3 Å². The van der Waals surface area contributed by atoms with Gasteiger partial charge in [-0.05, 0) is 24.0 Å². The van der Waals surface area contributed by atoms with Gasteiger partial charge in [-0.2, -0.15) is 0 Å². The molecule has 0 bridgehead atoms. The number of nitrogens with zero attached hydrogens (tertiary/aromatic N) is 1. The number of aromatic carboxylic acids is 1. The molecule has 20 heavy (non-hydrogen) atoms. The molecule has 1 unspecified atom stereocenters. The SMILES string of the molecule is CC(C)(C)CC(O)CNC(=O)c1cc(C(=O)O)ccn1. The van der Waals surface area contributed by atoms with E-state index in [9.17, 15) is 14.7 Å². The van der Waals surface area contributed by atoms with Crippen molar-refractivity contribution in [3.8, 4) is 0 Å². The van der Waals surface area contributed by atoms with E-state index in [1.807, 2.05) is 20.8 Å². The van der Waals surface area contributed by atoms with E-state index >= 15 is 0 Å². The van der Waals surface area contributed by atoms with Gasteiger partial charge < -0.3 is 15.5 Å². The summed E-state index contributed by atoms with van der Waals surface area (Å²) >= 11 is 0. The molecule has 0 radical (unpaired) electrons. The number of amides is 1. The third-order valence-corrected chi connectivity index (χ3v) is 2.59. The molecule has 6 heteroatoms. The van der Waals surface area contributed by atoms with E-state index in [1.54, 1.807) is 0 Å². The van der Waals surface area contributed by atoms with Crippen LogP contribution >= 0.6 is 0 Å². The summed E-state index contributed by atoms with van der Waals surface area (Å²) in [6, 6.07) is 2.52. The second-order valence-electron chi connectivity index (χ2n) is 5.86. The zero-order valence-corrected chi connectivity index (χ0v) is 11.9. The van der Waals surface area contributed by atoms with Crippen LogP contribution in [0.5, 0.6) is 0 Å². The molecular formula is C14H20N2O4. The van der Waals surface area contributed by atoms with Crippen molar-refractivity contribution in [2.45, 2.75) is 33.3 Å². The molecule has 1 atom stereocenters. The van der Waals surface area contributed by atoms with Gasteiger partial charge in [0.2, 0.25) is 0 Å². The number of pyridine rings is 1. The third kappa shape index (κ3) is 5.36. The summed E-state index contributed by atoms with van der Waals surface area (Å²) in [5.41, 5.74) is -0.0146. The van der Waals surface area contributed by atoms with E-state index in [0.717, 1.165) is 0 Å². The number of carbonyl (C=O) groups excluding carboxylic acids is 1. The van der Waals surface area contributed by atoms with Crippen molar-refractivity contribution in [2.75, 3.05) is 6.54 Å². The maximum Gasteiger partial charge on any atom is 0.335 e. The highest BCUT2D eigenvalue weighted by Gasteiger charge is 2.18. The monoisotopic (exact) mass is 280 g/mol. The van der Waals surface area contributed by atoms with Gasteiger partial charge in [0.25, 0.3) is 5.91 Å². The highest BCUT2D eigenvalue weighted by atomic mass is 16.4. The number of nitrogens with one attached hydrogen (secondary N) is 1. The van der Waals surface area contributed by atoms with Crippen LogP contribution in [0.3, 0.4) is 0 Å². The third-order valence-electron chi connectivity index (χ3n) is 2.59. The number of aliphatic hydroxyl groups is 1. The maximum atomic E-state index is 11.8. The van der Waals surface area contributed by atoms with Gasteiger partial charge >= 0.3 is 5.97 Å². The van der Waals surface area contributed by atoms with Crippen molar-refractivity contribution < 1.29 is 19.8 Å². The number of aromatic nitrogens is 1. The Balaban J connectivity index is 2.59. The van der Waals surface area contributed by atoms with Gasteiger partial charge in [0.15, 0.2) is 0 Å². The van der Waals surface area contributed by atoms with Gasteiger partial charge in [-0.25, -0.2) is 4.79 Å². The molecule has 6 nitrogen and oxygen atoms in total. The molecule has 1 amide bonds. The topological polar surface area (TPSA) is 99.5 Å². The summed E-state index contributed by atoms with van der Waals surface area (Å²) in [4.78, 5) is 26.4. The van der Waals surface area contributed by atoms with Crippen molar-refractivity contribution in [1.82, 2.24) is 10.3 Å². The molecular weight excluding hydrogens is 260 g/mol. The second kappa shape index (κ2) is 6.47. The number of carboxylic acids is 1. The first-order valence-corrected chi connectivity index (χ1v) is 6.34. The Hall–Kier alpha value is -1.95. The molecule has 0 aliphatic carbocycles. The van der Waals surface area contributed by atoms with E-state index in [4.69, 9.17) is 5.11 Å². The fourth-order valence-corrected chi connectivity index (χ4v) is 1.77. The van der Waals surface area contributed by atoms with Crippen LogP contribution in [-0.4, -0.2) is 39.7 Å². The van der Waals surface area contributed by atoms with E-state index in [2.05, 4.69) is 10.3 Å². The molecule has 1 heterocycles. The van der Waals surface area contributed by atoms with Crippen molar-refractivity contribution in [3.05, 3.63) is 29.6 Å². The Labute approximate surface area is 117 Å². The number of hydrogen-bond donors (Lipinski definition) is 3. The number of carboxylic acid groups (broad SMARTS) is 1. The van der Waals surface area contributed by atoms with Crippen LogP contribution in [0.15, 0.2) is 18.3 Å². The van der Waals surface area contributed by atoms with Gasteiger partial charge in [0, 0.05) is 12.7 Å². The Morgan fingerprint density at radius 1 is 1.40 bits per heavy atom. The quantitative estimate of drug-likeness (QED) is 0.755. The van der Waals surface area contributed by atoms with Gasteiger partial charge in [-0.3, -0.25) is 9.78 Å². The van der Waals surface area contributed by atoms with Gasteiger partial charge in [0.1, 0.15) is 5.69 Å². The molecule has 0 fully saturated rings. The van der Waals surface area contributed by atoms with Crippen LogP contribution in [0.4, 0.5) is 0 Å². The summed E-state index contributed by atoms with van der Waals surface area (Å²) in [6.45, 7) is 6.09. The Bertz CT molecular complexity index is 494. The minimum absolute atomic E-state index is 0.000361. The molecule has 0 aliphatic rings. The molecule has 0 saturated carbocycles. The molecule has 0 aliphatic heterocycles. The van der Waals surface area contributed by atoms with E-state index in [-0.39, 0.29) is 23.2 Å². The number of aliphatic hydroxyl groups excluding tert-OH is 1. The van der Waals surface area contributed by atoms with Crippen molar-refractivity contribution in [1.29, 1.82) is 0 Å². The first kappa shape index (κ1) is 16.1.